The van der Waals surface area contributed by atoms with Gasteiger partial charge in [0.05, 0.1) is 30.4 Å². The maximum Gasteiger partial charge on any atom is 0.119 e. The number of nitrogens with one attached hydrogen (secondary N) is 2. The Balaban J connectivity index is 2.00. The highest BCUT2D eigenvalue weighted by Gasteiger charge is 1.98. The lowest BCUT2D eigenvalue weighted by Crippen LogP contribution is -1.99. The Labute approximate surface area is 120 Å². The number of hydrogen-bond acceptors (Lipinski definition) is 4. The third-order valence-electron chi connectivity index (χ3n) is 2.73. The van der Waals surface area contributed by atoms with Crippen molar-refractivity contribution >= 4 is 17.1 Å². The molecule has 106 valence electrons. The van der Waals surface area contributed by atoms with Crippen molar-refractivity contribution in [3.8, 4) is 5.75 Å². The number of aromatic nitrogens is 1. The van der Waals surface area contributed by atoms with Crippen molar-refractivity contribution in [3.63, 3.8) is 0 Å². The van der Waals surface area contributed by atoms with Gasteiger partial charge in [-0.25, -0.2) is 0 Å². The summed E-state index contributed by atoms with van der Waals surface area (Å²) >= 11 is 0. The molecule has 0 fully saturated rings. The molecule has 0 aliphatic heterocycles. The third kappa shape index (κ3) is 4.16. The smallest absolute Gasteiger partial charge is 0.119 e. The lowest BCUT2D eigenvalue weighted by atomic mass is 10.3. The predicted molar refractivity (Wildman–Crippen MR) is 83.9 cm³/mol. The van der Waals surface area contributed by atoms with Crippen LogP contribution >= 0.6 is 0 Å². The summed E-state index contributed by atoms with van der Waals surface area (Å²) in [6, 6.07) is 9.99. The first-order valence-corrected chi connectivity index (χ1v) is 7.00. The number of anilines is 3. The number of benzene rings is 1. The van der Waals surface area contributed by atoms with E-state index >= 15 is 0 Å². The van der Waals surface area contributed by atoms with Crippen molar-refractivity contribution in [2.45, 2.75) is 20.3 Å². The standard InChI is InChI=1S/C16H21N3O/c1-3-9-20-16-7-5-13(6-8-16)19-15-10-14(18-4-2)11-17-12-15/h5-8,10-12,18-19H,3-4,9H2,1-2H3. The van der Waals surface area contributed by atoms with E-state index in [0.717, 1.165) is 42.4 Å². The van der Waals surface area contributed by atoms with Crippen molar-refractivity contribution in [1.82, 2.24) is 4.98 Å². The molecule has 1 aromatic carbocycles. The minimum Gasteiger partial charge on any atom is -0.494 e. The van der Waals surface area contributed by atoms with E-state index in [1.54, 1.807) is 0 Å². The molecule has 20 heavy (non-hydrogen) atoms. The van der Waals surface area contributed by atoms with Gasteiger partial charge in [-0.15, -0.1) is 0 Å². The molecule has 0 aliphatic rings. The second-order valence-corrected chi connectivity index (χ2v) is 4.49. The second-order valence-electron chi connectivity index (χ2n) is 4.49. The van der Waals surface area contributed by atoms with Gasteiger partial charge in [-0.2, -0.15) is 0 Å². The van der Waals surface area contributed by atoms with E-state index in [2.05, 4.69) is 29.5 Å². The summed E-state index contributed by atoms with van der Waals surface area (Å²) in [5, 5.41) is 6.57. The Hall–Kier alpha value is -2.23. The first-order valence-electron chi connectivity index (χ1n) is 7.00. The molecule has 0 saturated heterocycles. The van der Waals surface area contributed by atoms with Crippen LogP contribution in [0.1, 0.15) is 20.3 Å². The molecule has 4 nitrogen and oxygen atoms in total. The zero-order chi connectivity index (χ0) is 14.2. The van der Waals surface area contributed by atoms with Gasteiger partial charge in [-0.05, 0) is 43.7 Å². The minimum absolute atomic E-state index is 0.751. The van der Waals surface area contributed by atoms with E-state index in [4.69, 9.17) is 4.74 Å². The molecular formula is C16H21N3O. The Morgan fingerprint density at radius 2 is 1.75 bits per heavy atom. The maximum absolute atomic E-state index is 5.56. The summed E-state index contributed by atoms with van der Waals surface area (Å²) in [5.41, 5.74) is 3.00. The summed E-state index contributed by atoms with van der Waals surface area (Å²) in [4.78, 5) is 4.21. The van der Waals surface area contributed by atoms with Crippen molar-refractivity contribution in [1.29, 1.82) is 0 Å². The van der Waals surface area contributed by atoms with Crippen LogP contribution in [0.15, 0.2) is 42.7 Å². The maximum atomic E-state index is 5.56. The molecule has 1 aromatic heterocycles. The van der Waals surface area contributed by atoms with Gasteiger partial charge in [0.15, 0.2) is 0 Å². The highest BCUT2D eigenvalue weighted by atomic mass is 16.5. The lowest BCUT2D eigenvalue weighted by Gasteiger charge is -2.10. The molecule has 0 atom stereocenters. The van der Waals surface area contributed by atoms with Gasteiger partial charge in [0.1, 0.15) is 5.75 Å². The second kappa shape index (κ2) is 7.38. The van der Waals surface area contributed by atoms with Crippen LogP contribution in [-0.4, -0.2) is 18.1 Å². The van der Waals surface area contributed by atoms with Gasteiger partial charge in [0.2, 0.25) is 0 Å². The zero-order valence-corrected chi connectivity index (χ0v) is 12.0. The first kappa shape index (κ1) is 14.2. The van der Waals surface area contributed by atoms with Crippen LogP contribution in [0.25, 0.3) is 0 Å². The summed E-state index contributed by atoms with van der Waals surface area (Å²) in [5.74, 6) is 0.900. The summed E-state index contributed by atoms with van der Waals surface area (Å²) < 4.78 is 5.56. The zero-order valence-electron chi connectivity index (χ0n) is 12.0. The topological polar surface area (TPSA) is 46.2 Å². The normalized spacial score (nSPS) is 10.1. The molecular weight excluding hydrogens is 250 g/mol. The molecule has 4 heteroatoms. The van der Waals surface area contributed by atoms with E-state index in [0.29, 0.717) is 0 Å². The van der Waals surface area contributed by atoms with E-state index < -0.39 is 0 Å². The monoisotopic (exact) mass is 271 g/mol. The van der Waals surface area contributed by atoms with E-state index in [9.17, 15) is 0 Å². The van der Waals surface area contributed by atoms with Gasteiger partial charge >= 0.3 is 0 Å². The molecule has 2 N–H and O–H groups in total. The predicted octanol–water partition coefficient (Wildman–Crippen LogP) is 4.05. The fraction of sp³-hybridized carbons (Fsp3) is 0.312. The minimum atomic E-state index is 0.751. The fourth-order valence-corrected chi connectivity index (χ4v) is 1.83. The van der Waals surface area contributed by atoms with Crippen LogP contribution in [0.3, 0.4) is 0 Å². The Morgan fingerprint density at radius 3 is 2.45 bits per heavy atom. The molecule has 0 amide bonds. The molecule has 0 bridgehead atoms. The highest BCUT2D eigenvalue weighted by Crippen LogP contribution is 2.21. The molecule has 0 radical (unpaired) electrons. The van der Waals surface area contributed by atoms with E-state index in [1.165, 1.54) is 0 Å². The van der Waals surface area contributed by atoms with Crippen molar-refractivity contribution in [3.05, 3.63) is 42.7 Å². The van der Waals surface area contributed by atoms with Gasteiger partial charge in [0, 0.05) is 12.2 Å². The number of ether oxygens (including phenoxy) is 1. The van der Waals surface area contributed by atoms with Gasteiger partial charge in [0.25, 0.3) is 0 Å². The van der Waals surface area contributed by atoms with E-state index in [-0.39, 0.29) is 0 Å². The molecule has 2 rings (SSSR count). The number of hydrogen-bond donors (Lipinski definition) is 2. The molecule has 2 aromatic rings. The van der Waals surface area contributed by atoms with Gasteiger partial charge < -0.3 is 15.4 Å². The molecule has 0 saturated carbocycles. The van der Waals surface area contributed by atoms with Crippen LogP contribution in [0, 0.1) is 0 Å². The lowest BCUT2D eigenvalue weighted by molar-refractivity contribution is 0.317. The molecule has 1 heterocycles. The Kier molecular flexibility index (Phi) is 5.24. The summed E-state index contributed by atoms with van der Waals surface area (Å²) in [7, 11) is 0. The van der Waals surface area contributed by atoms with Crippen molar-refractivity contribution in [2.24, 2.45) is 0 Å². The first-order chi connectivity index (χ1) is 9.81. The molecule has 0 unspecified atom stereocenters. The fourth-order valence-electron chi connectivity index (χ4n) is 1.83. The molecule has 0 spiro atoms. The van der Waals surface area contributed by atoms with Crippen LogP contribution in [0.4, 0.5) is 17.1 Å². The van der Waals surface area contributed by atoms with Crippen LogP contribution in [-0.2, 0) is 0 Å². The Bertz CT molecular complexity index is 526. The average molecular weight is 271 g/mol. The SMILES string of the molecule is CCCOc1ccc(Nc2cncc(NCC)c2)cc1. The van der Waals surface area contributed by atoms with Crippen LogP contribution in [0.2, 0.25) is 0 Å². The van der Waals surface area contributed by atoms with Crippen LogP contribution in [0.5, 0.6) is 5.75 Å². The quantitative estimate of drug-likeness (QED) is 0.797. The van der Waals surface area contributed by atoms with Gasteiger partial charge in [-0.1, -0.05) is 6.92 Å². The Morgan fingerprint density at radius 1 is 1.00 bits per heavy atom. The number of rotatable bonds is 7. The van der Waals surface area contributed by atoms with E-state index in [1.807, 2.05) is 42.7 Å². The van der Waals surface area contributed by atoms with Crippen molar-refractivity contribution in [2.75, 3.05) is 23.8 Å². The number of nitrogens with zero attached hydrogens (tertiary/aromatic N) is 1. The third-order valence-corrected chi connectivity index (χ3v) is 2.73. The van der Waals surface area contributed by atoms with Crippen LogP contribution < -0.4 is 15.4 Å². The van der Waals surface area contributed by atoms with Gasteiger partial charge in [-0.3, -0.25) is 4.98 Å². The average Bonchev–Trinajstić information content (AvgIpc) is 2.47. The molecule has 0 aliphatic carbocycles. The number of pyridine rings is 1. The summed E-state index contributed by atoms with van der Waals surface area (Å²) in [6.45, 7) is 5.80. The summed E-state index contributed by atoms with van der Waals surface area (Å²) in [6.07, 6.45) is 4.64. The largest absolute Gasteiger partial charge is 0.494 e. The van der Waals surface area contributed by atoms with Crippen molar-refractivity contribution < 1.29 is 4.74 Å². The highest BCUT2D eigenvalue weighted by molar-refractivity contribution is 5.63.